The van der Waals surface area contributed by atoms with Crippen LogP contribution in [0.5, 0.6) is 5.75 Å². The minimum Gasteiger partial charge on any atom is -0.495 e. The molecule has 1 aromatic heterocycles. The molecule has 0 spiro atoms. The van der Waals surface area contributed by atoms with Crippen LogP contribution in [0.25, 0.3) is 0 Å². The molecule has 1 atom stereocenters. The number of hydrogen-bond acceptors (Lipinski definition) is 4. The lowest BCUT2D eigenvalue weighted by molar-refractivity contribution is 0.0789. The summed E-state index contributed by atoms with van der Waals surface area (Å²) >= 11 is 1.45. The summed E-state index contributed by atoms with van der Waals surface area (Å²) < 4.78 is 5.19. The second-order valence-corrected chi connectivity index (χ2v) is 5.20. The minimum absolute atomic E-state index is 0.107. The highest BCUT2D eigenvalue weighted by Gasteiger charge is 2.28. The largest absolute Gasteiger partial charge is 0.495 e. The van der Waals surface area contributed by atoms with Gasteiger partial charge < -0.3 is 15.0 Å². The van der Waals surface area contributed by atoms with E-state index in [4.69, 9.17) is 4.74 Å². The van der Waals surface area contributed by atoms with Gasteiger partial charge >= 0.3 is 0 Å². The number of carbonyl (C=O) groups excluding carboxylic acids is 1. The molecular weight excluding hydrogens is 236 g/mol. The Balaban J connectivity index is 2.02. The molecule has 0 unspecified atom stereocenters. The van der Waals surface area contributed by atoms with E-state index in [0.717, 1.165) is 30.9 Å². The Labute approximate surface area is 106 Å². The van der Waals surface area contributed by atoms with E-state index in [2.05, 4.69) is 5.32 Å². The summed E-state index contributed by atoms with van der Waals surface area (Å²) in [5.41, 5.74) is 0. The van der Waals surface area contributed by atoms with Crippen molar-refractivity contribution in [2.75, 3.05) is 33.8 Å². The smallest absolute Gasteiger partial charge is 0.267 e. The second-order valence-electron chi connectivity index (χ2n) is 4.28. The predicted octanol–water partition coefficient (Wildman–Crippen LogP) is 1.44. The van der Waals surface area contributed by atoms with E-state index in [1.807, 2.05) is 23.4 Å². The molecule has 1 aliphatic heterocycles. The number of nitrogens with one attached hydrogen (secondary N) is 1. The number of likely N-dealkylation sites (tertiary alicyclic amines) is 1. The fraction of sp³-hybridized carbons (Fsp3) is 0.583. The van der Waals surface area contributed by atoms with Gasteiger partial charge in [-0.05, 0) is 37.4 Å². The molecule has 1 aromatic rings. The minimum atomic E-state index is 0.107. The van der Waals surface area contributed by atoms with Crippen LogP contribution in [0.15, 0.2) is 11.4 Å². The maximum Gasteiger partial charge on any atom is 0.267 e. The molecule has 1 aliphatic rings. The third-order valence-electron chi connectivity index (χ3n) is 3.11. The van der Waals surface area contributed by atoms with Crippen LogP contribution in [0.1, 0.15) is 16.1 Å². The normalized spacial score (nSPS) is 19.6. The number of nitrogens with zero attached hydrogens (tertiary/aromatic N) is 1. The van der Waals surface area contributed by atoms with Gasteiger partial charge in [0.25, 0.3) is 5.91 Å². The number of hydrogen-bond donors (Lipinski definition) is 1. The lowest BCUT2D eigenvalue weighted by atomic mass is 10.1. The number of carbonyl (C=O) groups is 1. The molecular formula is C12H18N2O2S. The molecule has 2 rings (SSSR count). The lowest BCUT2D eigenvalue weighted by Gasteiger charge is -2.16. The molecule has 4 nitrogen and oxygen atoms in total. The zero-order valence-electron chi connectivity index (χ0n) is 10.2. The molecule has 0 bridgehead atoms. The zero-order valence-corrected chi connectivity index (χ0v) is 11.0. The topological polar surface area (TPSA) is 41.6 Å². The van der Waals surface area contributed by atoms with Crippen LogP contribution in [-0.2, 0) is 0 Å². The third kappa shape index (κ3) is 2.61. The summed E-state index contributed by atoms with van der Waals surface area (Å²) in [6.45, 7) is 2.68. The highest BCUT2D eigenvalue weighted by Crippen LogP contribution is 2.28. The van der Waals surface area contributed by atoms with Crippen LogP contribution in [0.4, 0.5) is 0 Å². The number of thiophene rings is 1. The fourth-order valence-corrected chi connectivity index (χ4v) is 3.06. The van der Waals surface area contributed by atoms with E-state index in [0.29, 0.717) is 11.7 Å². The molecule has 2 heterocycles. The van der Waals surface area contributed by atoms with Gasteiger partial charge in [0.15, 0.2) is 0 Å². The van der Waals surface area contributed by atoms with Crippen molar-refractivity contribution < 1.29 is 9.53 Å². The molecule has 1 fully saturated rings. The summed E-state index contributed by atoms with van der Waals surface area (Å²) in [4.78, 5) is 14.9. The molecule has 94 valence electrons. The maximum absolute atomic E-state index is 12.3. The van der Waals surface area contributed by atoms with Gasteiger partial charge in [-0.2, -0.15) is 0 Å². The quantitative estimate of drug-likeness (QED) is 0.884. The monoisotopic (exact) mass is 254 g/mol. The highest BCUT2D eigenvalue weighted by atomic mass is 32.1. The van der Waals surface area contributed by atoms with Crippen molar-refractivity contribution in [3.05, 3.63) is 16.3 Å². The lowest BCUT2D eigenvalue weighted by Crippen LogP contribution is -2.30. The van der Waals surface area contributed by atoms with Crippen LogP contribution in [0.3, 0.4) is 0 Å². The van der Waals surface area contributed by atoms with Gasteiger partial charge in [-0.3, -0.25) is 4.79 Å². The van der Waals surface area contributed by atoms with Crippen LogP contribution in [0.2, 0.25) is 0 Å². The molecule has 1 amide bonds. The van der Waals surface area contributed by atoms with Crippen molar-refractivity contribution in [1.82, 2.24) is 10.2 Å². The van der Waals surface area contributed by atoms with Crippen LogP contribution >= 0.6 is 11.3 Å². The third-order valence-corrected chi connectivity index (χ3v) is 3.99. The van der Waals surface area contributed by atoms with Crippen LogP contribution in [-0.4, -0.2) is 44.6 Å². The van der Waals surface area contributed by atoms with E-state index in [1.54, 1.807) is 7.11 Å². The Kier molecular flexibility index (Phi) is 4.02. The summed E-state index contributed by atoms with van der Waals surface area (Å²) in [7, 11) is 3.55. The van der Waals surface area contributed by atoms with Gasteiger partial charge in [-0.15, -0.1) is 11.3 Å². The summed E-state index contributed by atoms with van der Waals surface area (Å²) in [6.07, 6.45) is 1.08. The average Bonchev–Trinajstić information content (AvgIpc) is 2.96. The van der Waals surface area contributed by atoms with Crippen molar-refractivity contribution in [2.45, 2.75) is 6.42 Å². The molecule has 5 heteroatoms. The molecule has 17 heavy (non-hydrogen) atoms. The number of amides is 1. The molecule has 0 aromatic carbocycles. The van der Waals surface area contributed by atoms with E-state index >= 15 is 0 Å². The predicted molar refractivity (Wildman–Crippen MR) is 68.8 cm³/mol. The van der Waals surface area contributed by atoms with E-state index < -0.39 is 0 Å². The second kappa shape index (κ2) is 5.51. The van der Waals surface area contributed by atoms with Gasteiger partial charge in [-0.1, -0.05) is 0 Å². The average molecular weight is 254 g/mol. The van der Waals surface area contributed by atoms with Gasteiger partial charge in [0, 0.05) is 13.1 Å². The van der Waals surface area contributed by atoms with E-state index in [9.17, 15) is 4.79 Å². The van der Waals surface area contributed by atoms with Crippen molar-refractivity contribution in [2.24, 2.45) is 5.92 Å². The Morgan fingerprint density at radius 3 is 3.24 bits per heavy atom. The summed E-state index contributed by atoms with van der Waals surface area (Å²) in [6, 6.07) is 1.85. The first kappa shape index (κ1) is 12.4. The molecule has 0 saturated carbocycles. The molecule has 0 aliphatic carbocycles. The van der Waals surface area contributed by atoms with Crippen molar-refractivity contribution in [1.29, 1.82) is 0 Å². The van der Waals surface area contributed by atoms with E-state index in [1.165, 1.54) is 11.3 Å². The Morgan fingerprint density at radius 2 is 2.53 bits per heavy atom. The van der Waals surface area contributed by atoms with Crippen LogP contribution < -0.4 is 10.1 Å². The molecule has 1 N–H and O–H groups in total. The molecule has 1 saturated heterocycles. The number of rotatable bonds is 4. The Bertz CT molecular complexity index is 392. The van der Waals surface area contributed by atoms with Gasteiger partial charge in [-0.25, -0.2) is 0 Å². The van der Waals surface area contributed by atoms with Gasteiger partial charge in [0.1, 0.15) is 10.6 Å². The number of methoxy groups -OCH3 is 1. The standard InChI is InChI=1S/C12H18N2O2S/c1-13-7-9-3-5-14(8-9)12(15)11-10(16-2)4-6-17-11/h4,6,9,13H,3,5,7-8H2,1-2H3/t9-/m0/s1. The van der Waals surface area contributed by atoms with Crippen molar-refractivity contribution in [3.8, 4) is 5.75 Å². The zero-order chi connectivity index (χ0) is 12.3. The summed E-state index contributed by atoms with van der Waals surface area (Å²) in [5, 5.41) is 5.06. The van der Waals surface area contributed by atoms with Crippen molar-refractivity contribution in [3.63, 3.8) is 0 Å². The van der Waals surface area contributed by atoms with Gasteiger partial charge in [0.2, 0.25) is 0 Å². The van der Waals surface area contributed by atoms with Gasteiger partial charge in [0.05, 0.1) is 7.11 Å². The first-order valence-corrected chi connectivity index (χ1v) is 6.69. The maximum atomic E-state index is 12.3. The van der Waals surface area contributed by atoms with Crippen LogP contribution in [0, 0.1) is 5.92 Å². The summed E-state index contributed by atoms with van der Waals surface area (Å²) in [5.74, 6) is 1.38. The number of ether oxygens (including phenoxy) is 1. The Morgan fingerprint density at radius 1 is 1.71 bits per heavy atom. The van der Waals surface area contributed by atoms with E-state index in [-0.39, 0.29) is 5.91 Å². The molecule has 0 radical (unpaired) electrons. The first-order valence-electron chi connectivity index (χ1n) is 5.81. The SMILES string of the molecule is CNC[C@@H]1CCN(C(=O)c2sccc2OC)C1. The first-order chi connectivity index (χ1) is 8.26. The van der Waals surface area contributed by atoms with Crippen molar-refractivity contribution >= 4 is 17.2 Å². The fourth-order valence-electron chi connectivity index (χ4n) is 2.23. The highest BCUT2D eigenvalue weighted by molar-refractivity contribution is 7.12. The Hall–Kier alpha value is -1.07.